The quantitative estimate of drug-likeness (QED) is 0.433. The van der Waals surface area contributed by atoms with Crippen LogP contribution in [0.15, 0.2) is 0 Å². The van der Waals surface area contributed by atoms with Crippen molar-refractivity contribution in [3.8, 4) is 0 Å². The molecule has 0 aromatic rings. The number of carbonyl (C=O) groups is 1. The molecule has 0 aliphatic carbocycles. The van der Waals surface area contributed by atoms with Crippen LogP contribution in [0.3, 0.4) is 0 Å². The van der Waals surface area contributed by atoms with E-state index in [-0.39, 0.29) is 0 Å². The van der Waals surface area contributed by atoms with Crippen molar-refractivity contribution in [2.24, 2.45) is 5.73 Å². The number of hydrogen-bond donors (Lipinski definition) is 3. The van der Waals surface area contributed by atoms with Crippen LogP contribution in [0, 0.1) is 0 Å². The van der Waals surface area contributed by atoms with Crippen LogP contribution in [0.5, 0.6) is 0 Å². The Hall–Kier alpha value is -0.660. The third-order valence-corrected chi connectivity index (χ3v) is 1.96. The molecule has 0 fully saturated rings. The highest BCUT2D eigenvalue weighted by molar-refractivity contribution is 7.87. The molecule has 10 heavy (non-hydrogen) atoms. The van der Waals surface area contributed by atoms with Crippen molar-refractivity contribution in [2.75, 3.05) is 6.54 Å². The SMILES string of the molecule is NC[C@H](C(=O)O)S(=O)(=O)O. The summed E-state index contributed by atoms with van der Waals surface area (Å²) in [6, 6.07) is 0. The zero-order valence-electron chi connectivity index (χ0n) is 4.89. The molecule has 0 aliphatic heterocycles. The van der Waals surface area contributed by atoms with E-state index in [1.165, 1.54) is 0 Å². The fraction of sp³-hybridized carbons (Fsp3) is 0.667. The maximum Gasteiger partial charge on any atom is 0.325 e. The minimum absolute atomic E-state index is 0.631. The van der Waals surface area contributed by atoms with Gasteiger partial charge in [0.25, 0.3) is 10.1 Å². The first-order chi connectivity index (χ1) is 4.39. The number of hydrogen-bond acceptors (Lipinski definition) is 4. The molecule has 1 atom stereocenters. The summed E-state index contributed by atoms with van der Waals surface area (Å²) in [7, 11) is -4.54. The van der Waals surface area contributed by atoms with E-state index in [1.807, 2.05) is 0 Å². The molecule has 0 rings (SSSR count). The molecule has 0 spiro atoms. The first-order valence-corrected chi connectivity index (χ1v) is 3.79. The van der Waals surface area contributed by atoms with E-state index in [2.05, 4.69) is 0 Å². The fourth-order valence-corrected chi connectivity index (χ4v) is 0.848. The van der Waals surface area contributed by atoms with E-state index in [0.29, 0.717) is 0 Å². The molecule has 0 aromatic carbocycles. The third kappa shape index (κ3) is 2.29. The maximum atomic E-state index is 10.1. The molecule has 0 radical (unpaired) electrons. The number of carboxylic acids is 1. The maximum absolute atomic E-state index is 10.1. The predicted molar refractivity (Wildman–Crippen MR) is 32.0 cm³/mol. The number of nitrogens with two attached hydrogens (primary N) is 1. The first-order valence-electron chi connectivity index (χ1n) is 2.28. The second-order valence-electron chi connectivity index (χ2n) is 1.58. The van der Waals surface area contributed by atoms with Crippen molar-refractivity contribution in [3.63, 3.8) is 0 Å². The Morgan fingerprint density at radius 3 is 2.00 bits per heavy atom. The number of carboxylic acid groups (broad SMARTS) is 1. The lowest BCUT2D eigenvalue weighted by Gasteiger charge is -2.03. The minimum atomic E-state index is -4.54. The van der Waals surface area contributed by atoms with E-state index in [9.17, 15) is 13.2 Å². The van der Waals surface area contributed by atoms with Crippen LogP contribution in [-0.4, -0.2) is 35.8 Å². The predicted octanol–water partition coefficient (Wildman–Crippen LogP) is -1.71. The van der Waals surface area contributed by atoms with Crippen molar-refractivity contribution in [1.82, 2.24) is 0 Å². The Bertz CT molecular complexity index is 219. The van der Waals surface area contributed by atoms with E-state index in [1.54, 1.807) is 0 Å². The highest BCUT2D eigenvalue weighted by Gasteiger charge is 2.28. The molecular formula is C3H7NO5S. The van der Waals surface area contributed by atoms with Gasteiger partial charge in [0, 0.05) is 6.54 Å². The van der Waals surface area contributed by atoms with Gasteiger partial charge in [0.2, 0.25) is 0 Å². The Labute approximate surface area is 57.4 Å². The Morgan fingerprint density at radius 2 is 2.00 bits per heavy atom. The largest absolute Gasteiger partial charge is 0.480 e. The third-order valence-electron chi connectivity index (χ3n) is 0.849. The first kappa shape index (κ1) is 9.34. The summed E-state index contributed by atoms with van der Waals surface area (Å²) < 4.78 is 28.4. The van der Waals surface area contributed by atoms with Crippen LogP contribution < -0.4 is 5.73 Å². The second kappa shape index (κ2) is 2.95. The molecule has 6 nitrogen and oxygen atoms in total. The molecule has 0 bridgehead atoms. The molecule has 0 aromatic heterocycles. The molecule has 0 heterocycles. The Kier molecular flexibility index (Phi) is 2.76. The van der Waals surface area contributed by atoms with Gasteiger partial charge in [0.05, 0.1) is 0 Å². The van der Waals surface area contributed by atoms with E-state index >= 15 is 0 Å². The van der Waals surface area contributed by atoms with Crippen LogP contribution in [0.2, 0.25) is 0 Å². The zero-order valence-corrected chi connectivity index (χ0v) is 5.71. The van der Waals surface area contributed by atoms with E-state index in [4.69, 9.17) is 15.4 Å². The lowest BCUT2D eigenvalue weighted by molar-refractivity contribution is -0.136. The molecule has 0 saturated heterocycles. The summed E-state index contributed by atoms with van der Waals surface area (Å²) in [6.45, 7) is -0.631. The van der Waals surface area contributed by atoms with Gasteiger partial charge in [-0.25, -0.2) is 0 Å². The Morgan fingerprint density at radius 1 is 1.60 bits per heavy atom. The average Bonchev–Trinajstić information content (AvgIpc) is 1.60. The summed E-state index contributed by atoms with van der Waals surface area (Å²) in [5.41, 5.74) is 4.74. The van der Waals surface area contributed by atoms with Crippen molar-refractivity contribution in [1.29, 1.82) is 0 Å². The van der Waals surface area contributed by atoms with Gasteiger partial charge < -0.3 is 10.8 Å². The average molecular weight is 169 g/mol. The van der Waals surface area contributed by atoms with Crippen molar-refractivity contribution in [2.45, 2.75) is 5.25 Å². The van der Waals surface area contributed by atoms with E-state index in [0.717, 1.165) is 0 Å². The zero-order chi connectivity index (χ0) is 8.36. The molecule has 0 saturated carbocycles. The summed E-state index contributed by atoms with van der Waals surface area (Å²) in [5, 5.41) is 6.18. The minimum Gasteiger partial charge on any atom is -0.480 e. The molecule has 0 amide bonds. The lowest BCUT2D eigenvalue weighted by atomic mass is 10.4. The van der Waals surface area contributed by atoms with Gasteiger partial charge in [0.1, 0.15) is 0 Å². The van der Waals surface area contributed by atoms with Gasteiger partial charge in [-0.15, -0.1) is 0 Å². The van der Waals surface area contributed by atoms with Crippen LogP contribution in [0.25, 0.3) is 0 Å². The van der Waals surface area contributed by atoms with Gasteiger partial charge in [-0.3, -0.25) is 9.35 Å². The number of rotatable bonds is 3. The van der Waals surface area contributed by atoms with Crippen molar-refractivity contribution >= 4 is 16.1 Å². The van der Waals surface area contributed by atoms with Gasteiger partial charge >= 0.3 is 5.97 Å². The second-order valence-corrected chi connectivity index (χ2v) is 3.18. The van der Waals surface area contributed by atoms with Crippen molar-refractivity contribution < 1.29 is 22.9 Å². The fourth-order valence-electron chi connectivity index (χ4n) is 0.350. The van der Waals surface area contributed by atoms with Crippen LogP contribution in [0.1, 0.15) is 0 Å². The lowest BCUT2D eigenvalue weighted by Crippen LogP contribution is -2.36. The molecular weight excluding hydrogens is 162 g/mol. The van der Waals surface area contributed by atoms with Crippen LogP contribution in [0.4, 0.5) is 0 Å². The summed E-state index contributed by atoms with van der Waals surface area (Å²) in [5.74, 6) is -1.65. The molecule has 7 heteroatoms. The smallest absolute Gasteiger partial charge is 0.325 e. The summed E-state index contributed by atoms with van der Waals surface area (Å²) in [4.78, 5) is 9.96. The molecule has 0 unspecified atom stereocenters. The molecule has 0 aliphatic rings. The highest BCUT2D eigenvalue weighted by atomic mass is 32.2. The van der Waals surface area contributed by atoms with Crippen LogP contribution in [-0.2, 0) is 14.9 Å². The van der Waals surface area contributed by atoms with Gasteiger partial charge in [0.15, 0.2) is 5.25 Å². The van der Waals surface area contributed by atoms with Gasteiger partial charge in [-0.1, -0.05) is 0 Å². The molecule has 4 N–H and O–H groups in total. The van der Waals surface area contributed by atoms with Gasteiger partial charge in [-0.05, 0) is 0 Å². The monoisotopic (exact) mass is 169 g/mol. The summed E-state index contributed by atoms with van der Waals surface area (Å²) >= 11 is 0. The molecule has 60 valence electrons. The van der Waals surface area contributed by atoms with E-state index < -0.39 is 27.9 Å². The van der Waals surface area contributed by atoms with Crippen LogP contribution >= 0.6 is 0 Å². The Balaban J connectivity index is 4.55. The number of aliphatic carboxylic acids is 1. The summed E-state index contributed by atoms with van der Waals surface area (Å²) in [6.07, 6.45) is 0. The standard InChI is InChI=1S/C3H7NO5S/c4-1-2(3(5)6)10(7,8)9/h2H,1,4H2,(H,5,6)(H,7,8,9)/t2-/m1/s1. The highest BCUT2D eigenvalue weighted by Crippen LogP contribution is 1.95. The topological polar surface area (TPSA) is 118 Å². The normalized spacial score (nSPS) is 14.6. The van der Waals surface area contributed by atoms with Gasteiger partial charge in [-0.2, -0.15) is 8.42 Å². The van der Waals surface area contributed by atoms with Crippen molar-refractivity contribution in [3.05, 3.63) is 0 Å².